The molecule has 2 aromatic carbocycles. The maximum absolute atomic E-state index is 12.8. The van der Waals surface area contributed by atoms with Crippen LogP contribution in [0.15, 0.2) is 53.4 Å². The molecule has 0 fully saturated rings. The summed E-state index contributed by atoms with van der Waals surface area (Å²) in [4.78, 5) is 23.2. The molecule has 150 valence electrons. The number of ketones is 1. The summed E-state index contributed by atoms with van der Waals surface area (Å²) in [6.07, 6.45) is 0. The Morgan fingerprint density at radius 3 is 2.25 bits per heavy atom. The average Bonchev–Trinajstić information content (AvgIpc) is 2.66. The van der Waals surface area contributed by atoms with Crippen LogP contribution in [0, 0.1) is 5.82 Å². The lowest BCUT2D eigenvalue weighted by Gasteiger charge is -2.17. The number of nitrogens with one attached hydrogen (secondary N) is 1. The first-order valence-electron chi connectivity index (χ1n) is 8.42. The molecule has 1 amide bonds. The quantitative estimate of drug-likeness (QED) is 0.505. The van der Waals surface area contributed by atoms with Gasteiger partial charge in [-0.2, -0.15) is 4.31 Å². The van der Waals surface area contributed by atoms with Crippen molar-refractivity contribution in [2.45, 2.75) is 11.8 Å². The van der Waals surface area contributed by atoms with E-state index in [0.717, 1.165) is 4.31 Å². The number of halogens is 1. The summed E-state index contributed by atoms with van der Waals surface area (Å²) >= 11 is 0. The number of ether oxygens (including phenoxy) is 1. The average molecular weight is 408 g/mol. The number of likely N-dealkylation sites (N-methyl/N-ethyl adjacent to an activating group) is 1. The Labute approximate surface area is 163 Å². The van der Waals surface area contributed by atoms with Crippen LogP contribution in [-0.2, 0) is 14.8 Å². The molecule has 0 radical (unpaired) electrons. The van der Waals surface area contributed by atoms with Crippen molar-refractivity contribution in [3.8, 4) is 5.75 Å². The number of sulfonamides is 1. The lowest BCUT2D eigenvalue weighted by molar-refractivity contribution is -0.121. The van der Waals surface area contributed by atoms with E-state index in [2.05, 4.69) is 5.32 Å². The van der Waals surface area contributed by atoms with Gasteiger partial charge in [0.15, 0.2) is 5.78 Å². The fraction of sp³-hybridized carbons (Fsp3) is 0.263. The molecule has 0 aliphatic heterocycles. The molecule has 28 heavy (non-hydrogen) atoms. The zero-order valence-electron chi connectivity index (χ0n) is 15.5. The third-order valence-corrected chi connectivity index (χ3v) is 5.66. The van der Waals surface area contributed by atoms with Crippen molar-refractivity contribution in [1.29, 1.82) is 0 Å². The van der Waals surface area contributed by atoms with Crippen LogP contribution in [0.2, 0.25) is 0 Å². The van der Waals surface area contributed by atoms with Gasteiger partial charge in [-0.05, 0) is 43.3 Å². The van der Waals surface area contributed by atoms with Crippen molar-refractivity contribution in [1.82, 2.24) is 9.62 Å². The number of hydrogen-bond acceptors (Lipinski definition) is 5. The molecule has 1 N–H and O–H groups in total. The van der Waals surface area contributed by atoms with Crippen molar-refractivity contribution in [3.63, 3.8) is 0 Å². The highest BCUT2D eigenvalue weighted by atomic mass is 32.2. The summed E-state index contributed by atoms with van der Waals surface area (Å²) in [7, 11) is -2.57. The van der Waals surface area contributed by atoms with E-state index in [1.165, 1.54) is 62.5 Å². The summed E-state index contributed by atoms with van der Waals surface area (Å²) in [6.45, 7) is 1.34. The highest BCUT2D eigenvalue weighted by Gasteiger charge is 2.23. The van der Waals surface area contributed by atoms with Gasteiger partial charge < -0.3 is 10.1 Å². The van der Waals surface area contributed by atoms with E-state index in [0.29, 0.717) is 11.3 Å². The van der Waals surface area contributed by atoms with Crippen molar-refractivity contribution in [3.05, 3.63) is 59.9 Å². The number of carbonyl (C=O) groups excluding carboxylic acids is 2. The molecule has 2 aromatic rings. The highest BCUT2D eigenvalue weighted by molar-refractivity contribution is 7.89. The van der Waals surface area contributed by atoms with E-state index < -0.39 is 15.9 Å². The van der Waals surface area contributed by atoms with Crippen molar-refractivity contribution >= 4 is 21.7 Å². The maximum atomic E-state index is 12.8. The van der Waals surface area contributed by atoms with Gasteiger partial charge >= 0.3 is 0 Å². The second-order valence-electron chi connectivity index (χ2n) is 5.99. The standard InChI is InChI=1S/C19H21FN2O5S/c1-14(23)15-3-9-18(10-4-15)28(25,26)22(2)13-19(24)21-11-12-27-17-7-5-16(20)6-8-17/h3-10H,11-13H2,1-2H3,(H,21,24). The van der Waals surface area contributed by atoms with Gasteiger partial charge in [-0.25, -0.2) is 12.8 Å². The van der Waals surface area contributed by atoms with Gasteiger partial charge in [0.05, 0.1) is 18.0 Å². The molecule has 0 heterocycles. The Morgan fingerprint density at radius 2 is 1.68 bits per heavy atom. The van der Waals surface area contributed by atoms with Crippen molar-refractivity contribution < 1.29 is 27.1 Å². The number of Topliss-reactive ketones (excluding diaryl/α,β-unsaturated/α-hetero) is 1. The summed E-state index contributed by atoms with van der Waals surface area (Å²) in [5, 5.41) is 2.55. The van der Waals surface area contributed by atoms with Gasteiger partial charge in [-0.1, -0.05) is 12.1 Å². The fourth-order valence-corrected chi connectivity index (χ4v) is 3.40. The third-order valence-electron chi connectivity index (χ3n) is 3.84. The van der Waals surface area contributed by atoms with Crippen LogP contribution >= 0.6 is 0 Å². The van der Waals surface area contributed by atoms with Gasteiger partial charge in [0, 0.05) is 12.6 Å². The third kappa shape index (κ3) is 5.86. The van der Waals surface area contributed by atoms with Crippen molar-refractivity contribution in [2.24, 2.45) is 0 Å². The van der Waals surface area contributed by atoms with E-state index in [1.807, 2.05) is 0 Å². The SMILES string of the molecule is CC(=O)c1ccc(S(=O)(=O)N(C)CC(=O)NCCOc2ccc(F)cc2)cc1. The number of rotatable bonds is 9. The van der Waals surface area contributed by atoms with Crippen LogP contribution in [0.3, 0.4) is 0 Å². The molecule has 7 nitrogen and oxygen atoms in total. The fourth-order valence-electron chi connectivity index (χ4n) is 2.27. The van der Waals surface area contributed by atoms with Crippen LogP contribution in [0.4, 0.5) is 4.39 Å². The predicted octanol–water partition coefficient (Wildman–Crippen LogP) is 1.84. The molecule has 2 rings (SSSR count). The zero-order chi connectivity index (χ0) is 20.7. The van der Waals surface area contributed by atoms with Crippen LogP contribution in [0.1, 0.15) is 17.3 Å². The number of benzene rings is 2. The monoisotopic (exact) mass is 408 g/mol. The zero-order valence-corrected chi connectivity index (χ0v) is 16.3. The summed E-state index contributed by atoms with van der Waals surface area (Å²) in [5.74, 6) is -0.571. The molecule has 0 bridgehead atoms. The van der Waals surface area contributed by atoms with Crippen LogP contribution < -0.4 is 10.1 Å². The van der Waals surface area contributed by atoms with Gasteiger partial charge in [0.1, 0.15) is 18.2 Å². The second kappa shape index (κ2) is 9.43. The van der Waals surface area contributed by atoms with E-state index in [-0.39, 0.29) is 36.2 Å². The summed E-state index contributed by atoms with van der Waals surface area (Å²) < 4.78 is 44.1. The largest absolute Gasteiger partial charge is 0.492 e. The molecule has 0 aliphatic carbocycles. The van der Waals surface area contributed by atoms with Gasteiger partial charge in [-0.15, -0.1) is 0 Å². The van der Waals surface area contributed by atoms with Gasteiger partial charge in [0.2, 0.25) is 15.9 Å². The molecule has 0 aromatic heterocycles. The van der Waals surface area contributed by atoms with Crippen LogP contribution in [0.25, 0.3) is 0 Å². The Balaban J connectivity index is 1.83. The molecular weight excluding hydrogens is 387 g/mol. The van der Waals surface area contributed by atoms with Crippen molar-refractivity contribution in [2.75, 3.05) is 26.7 Å². The molecule has 0 atom stereocenters. The number of carbonyl (C=O) groups is 2. The van der Waals surface area contributed by atoms with E-state index in [1.54, 1.807) is 0 Å². The minimum absolute atomic E-state index is 0.00700. The highest BCUT2D eigenvalue weighted by Crippen LogP contribution is 2.15. The predicted molar refractivity (Wildman–Crippen MR) is 101 cm³/mol. The van der Waals surface area contributed by atoms with E-state index >= 15 is 0 Å². The molecule has 0 saturated carbocycles. The first-order valence-corrected chi connectivity index (χ1v) is 9.86. The Hall–Kier alpha value is -2.78. The Morgan fingerprint density at radius 1 is 1.07 bits per heavy atom. The molecule has 0 aliphatic rings. The molecule has 0 saturated heterocycles. The number of hydrogen-bond donors (Lipinski definition) is 1. The van der Waals surface area contributed by atoms with Gasteiger partial charge in [-0.3, -0.25) is 9.59 Å². The summed E-state index contributed by atoms with van der Waals surface area (Å²) in [6, 6.07) is 11.0. The molecule has 9 heteroatoms. The lowest BCUT2D eigenvalue weighted by atomic mass is 10.2. The minimum Gasteiger partial charge on any atom is -0.492 e. The Kier molecular flexibility index (Phi) is 7.24. The first kappa shape index (κ1) is 21.5. The molecular formula is C19H21FN2O5S. The topological polar surface area (TPSA) is 92.8 Å². The van der Waals surface area contributed by atoms with Gasteiger partial charge in [0.25, 0.3) is 0 Å². The first-order chi connectivity index (χ1) is 13.2. The molecule has 0 spiro atoms. The number of amides is 1. The van der Waals surface area contributed by atoms with E-state index in [4.69, 9.17) is 4.74 Å². The minimum atomic E-state index is -3.86. The van der Waals surface area contributed by atoms with E-state index in [9.17, 15) is 22.4 Å². The van der Waals surface area contributed by atoms with Crippen LogP contribution in [0.5, 0.6) is 5.75 Å². The smallest absolute Gasteiger partial charge is 0.243 e. The lowest BCUT2D eigenvalue weighted by Crippen LogP contribution is -2.39. The Bertz CT molecular complexity index is 928. The normalized spacial score (nSPS) is 11.3. The summed E-state index contributed by atoms with van der Waals surface area (Å²) in [5.41, 5.74) is 0.403. The number of nitrogens with zero attached hydrogens (tertiary/aromatic N) is 1. The maximum Gasteiger partial charge on any atom is 0.243 e. The second-order valence-corrected chi connectivity index (χ2v) is 8.04. The van der Waals surface area contributed by atoms with Crippen LogP contribution in [-0.4, -0.2) is 51.2 Å². The molecule has 0 unspecified atom stereocenters.